The topological polar surface area (TPSA) is 59.0 Å². The first kappa shape index (κ1) is 20.3. The fraction of sp³-hybridized carbons (Fsp3) is 0.522. The Morgan fingerprint density at radius 3 is 2.61 bits per heavy atom. The van der Waals surface area contributed by atoms with Crippen molar-refractivity contribution < 1.29 is 14.3 Å². The molecule has 1 amide bonds. The van der Waals surface area contributed by atoms with Gasteiger partial charge in [0.05, 0.1) is 25.5 Å². The number of aryl methyl sites for hydroxylation is 1. The van der Waals surface area contributed by atoms with Crippen molar-refractivity contribution in [2.75, 3.05) is 13.7 Å². The summed E-state index contributed by atoms with van der Waals surface area (Å²) in [6, 6.07) is 8.51. The van der Waals surface area contributed by atoms with Crippen molar-refractivity contribution in [3.05, 3.63) is 41.6 Å². The van der Waals surface area contributed by atoms with Crippen molar-refractivity contribution in [2.45, 2.75) is 52.5 Å². The average molecular weight is 383 g/mol. The van der Waals surface area contributed by atoms with Gasteiger partial charge in [0.2, 0.25) is 5.91 Å². The van der Waals surface area contributed by atoms with E-state index in [0.29, 0.717) is 0 Å². The monoisotopic (exact) mass is 382 g/mol. The van der Waals surface area contributed by atoms with E-state index in [0.717, 1.165) is 31.5 Å². The molecular weight excluding hydrogens is 352 g/mol. The zero-order chi connectivity index (χ0) is 20.3. The molecule has 5 nitrogen and oxygen atoms in total. The molecule has 2 aliphatic heterocycles. The quantitative estimate of drug-likeness (QED) is 0.699. The molecule has 3 rings (SSSR count). The average Bonchev–Trinajstić information content (AvgIpc) is 3.34. The van der Waals surface area contributed by atoms with Gasteiger partial charge in [-0.2, -0.15) is 0 Å². The number of esters is 1. The maximum absolute atomic E-state index is 13.2. The number of hydrogen-bond acceptors (Lipinski definition) is 4. The van der Waals surface area contributed by atoms with Crippen molar-refractivity contribution in [1.82, 2.24) is 4.90 Å². The molecule has 28 heavy (non-hydrogen) atoms. The highest BCUT2D eigenvalue weighted by Gasteiger charge is 2.38. The number of amides is 1. The Balaban J connectivity index is 1.70. The van der Waals surface area contributed by atoms with E-state index in [1.165, 1.54) is 23.8 Å². The number of hydrogen-bond donors (Lipinski definition) is 0. The Morgan fingerprint density at radius 1 is 1.25 bits per heavy atom. The van der Waals surface area contributed by atoms with Crippen LogP contribution in [0.25, 0.3) is 5.57 Å². The second-order valence-corrected chi connectivity index (χ2v) is 8.14. The molecular formula is C23H30N2O3. The third-order valence-electron chi connectivity index (χ3n) is 5.84. The maximum atomic E-state index is 13.2. The molecule has 1 fully saturated rings. The lowest BCUT2D eigenvalue weighted by atomic mass is 9.90. The Morgan fingerprint density at radius 2 is 1.96 bits per heavy atom. The first-order valence-electron chi connectivity index (χ1n) is 10.1. The normalized spacial score (nSPS) is 20.2. The van der Waals surface area contributed by atoms with Crippen molar-refractivity contribution in [3.8, 4) is 0 Å². The molecule has 150 valence electrons. The first-order valence-corrected chi connectivity index (χ1v) is 10.1. The van der Waals surface area contributed by atoms with Crippen LogP contribution in [-0.4, -0.2) is 42.2 Å². The predicted octanol–water partition coefficient (Wildman–Crippen LogP) is 4.01. The van der Waals surface area contributed by atoms with E-state index in [2.05, 4.69) is 36.2 Å². The molecule has 0 unspecified atom stereocenters. The van der Waals surface area contributed by atoms with E-state index in [4.69, 9.17) is 4.74 Å². The van der Waals surface area contributed by atoms with E-state index in [9.17, 15) is 9.59 Å². The number of ether oxygens (including phenoxy) is 1. The highest BCUT2D eigenvalue weighted by molar-refractivity contribution is 6.03. The van der Waals surface area contributed by atoms with E-state index < -0.39 is 0 Å². The molecule has 0 saturated carbocycles. The van der Waals surface area contributed by atoms with Crippen LogP contribution in [0.4, 0.5) is 0 Å². The van der Waals surface area contributed by atoms with E-state index in [1.807, 2.05) is 24.9 Å². The summed E-state index contributed by atoms with van der Waals surface area (Å²) in [4.78, 5) is 31.6. The predicted molar refractivity (Wildman–Crippen MR) is 111 cm³/mol. The summed E-state index contributed by atoms with van der Waals surface area (Å²) in [6.07, 6.45) is 4.76. The molecule has 1 aromatic rings. The van der Waals surface area contributed by atoms with Gasteiger partial charge in [-0.1, -0.05) is 43.7 Å². The van der Waals surface area contributed by atoms with Crippen LogP contribution in [0.5, 0.6) is 0 Å². The number of carbonyl (C=O) groups is 2. The van der Waals surface area contributed by atoms with Crippen molar-refractivity contribution in [1.29, 1.82) is 0 Å². The molecule has 1 saturated heterocycles. The smallest absolute Gasteiger partial charge is 0.306 e. The summed E-state index contributed by atoms with van der Waals surface area (Å²) in [5.41, 5.74) is 4.68. The highest BCUT2D eigenvalue weighted by Crippen LogP contribution is 2.32. The fourth-order valence-electron chi connectivity index (χ4n) is 4.06. The van der Waals surface area contributed by atoms with Gasteiger partial charge >= 0.3 is 5.97 Å². The molecule has 0 bridgehead atoms. The van der Waals surface area contributed by atoms with Crippen LogP contribution in [0.1, 0.15) is 50.7 Å². The summed E-state index contributed by atoms with van der Waals surface area (Å²) >= 11 is 0. The molecule has 0 aliphatic carbocycles. The zero-order valence-electron chi connectivity index (χ0n) is 17.3. The van der Waals surface area contributed by atoms with Gasteiger partial charge in [0, 0.05) is 24.9 Å². The summed E-state index contributed by atoms with van der Waals surface area (Å²) in [5.74, 6) is -0.544. The Kier molecular flexibility index (Phi) is 6.32. The minimum absolute atomic E-state index is 0.0330. The van der Waals surface area contributed by atoms with E-state index in [1.54, 1.807) is 0 Å². The summed E-state index contributed by atoms with van der Waals surface area (Å²) < 4.78 is 4.80. The first-order chi connectivity index (χ1) is 13.4. The van der Waals surface area contributed by atoms with Gasteiger partial charge in [0.15, 0.2) is 0 Å². The largest absolute Gasteiger partial charge is 0.469 e. The van der Waals surface area contributed by atoms with Gasteiger partial charge in [0.1, 0.15) is 0 Å². The number of likely N-dealkylation sites (tertiary alicyclic amines) is 1. The highest BCUT2D eigenvalue weighted by atomic mass is 16.5. The lowest BCUT2D eigenvalue weighted by molar-refractivity contribution is -0.148. The van der Waals surface area contributed by atoms with Gasteiger partial charge in [-0.3, -0.25) is 14.6 Å². The second kappa shape index (κ2) is 8.72. The SMILES string of the molecule is COC(=O)C[C@H](C(=O)N1CCC[C@H]1C1=NC=C(c2ccc(C)cc2)C1)C(C)C. The van der Waals surface area contributed by atoms with Crippen molar-refractivity contribution in [3.63, 3.8) is 0 Å². The Hall–Kier alpha value is -2.43. The second-order valence-electron chi connectivity index (χ2n) is 8.14. The minimum Gasteiger partial charge on any atom is -0.469 e. The van der Waals surface area contributed by atoms with Crippen molar-refractivity contribution >= 4 is 23.2 Å². The maximum Gasteiger partial charge on any atom is 0.306 e. The van der Waals surface area contributed by atoms with Crippen LogP contribution in [0, 0.1) is 18.8 Å². The third-order valence-corrected chi connectivity index (χ3v) is 5.84. The Bertz CT molecular complexity index is 793. The van der Waals surface area contributed by atoms with Crippen LogP contribution in [0.2, 0.25) is 0 Å². The molecule has 5 heteroatoms. The van der Waals surface area contributed by atoms with Gasteiger partial charge < -0.3 is 9.64 Å². The lowest BCUT2D eigenvalue weighted by Crippen LogP contribution is -2.45. The number of benzene rings is 1. The van der Waals surface area contributed by atoms with Crippen LogP contribution in [0.3, 0.4) is 0 Å². The Labute approximate surface area is 167 Å². The zero-order valence-corrected chi connectivity index (χ0v) is 17.3. The van der Waals surface area contributed by atoms with Gasteiger partial charge in [-0.25, -0.2) is 0 Å². The van der Waals surface area contributed by atoms with E-state index >= 15 is 0 Å². The van der Waals surface area contributed by atoms with Crippen LogP contribution < -0.4 is 0 Å². The molecule has 1 aromatic carbocycles. The minimum atomic E-state index is -0.348. The standard InChI is InChI=1S/C23H30N2O3/c1-15(2)19(13-22(26)28-4)23(27)25-11-5-6-21(25)20-12-18(14-24-20)17-9-7-16(3)8-10-17/h7-10,14-15,19,21H,5-6,11-13H2,1-4H3/t19-,21-/m0/s1. The molecule has 0 N–H and O–H groups in total. The third kappa shape index (κ3) is 4.34. The molecule has 2 aliphatic rings. The van der Waals surface area contributed by atoms with Gasteiger partial charge in [-0.15, -0.1) is 0 Å². The summed E-state index contributed by atoms with van der Waals surface area (Å²) in [7, 11) is 1.37. The van der Waals surface area contributed by atoms with Gasteiger partial charge in [0.25, 0.3) is 0 Å². The summed E-state index contributed by atoms with van der Waals surface area (Å²) in [5, 5.41) is 0. The number of rotatable bonds is 6. The molecule has 2 atom stereocenters. The molecule has 0 aromatic heterocycles. The molecule has 2 heterocycles. The number of carbonyl (C=O) groups excluding carboxylic acids is 2. The fourth-order valence-corrected chi connectivity index (χ4v) is 4.06. The van der Waals surface area contributed by atoms with E-state index in [-0.39, 0.29) is 36.2 Å². The number of methoxy groups -OCH3 is 1. The number of nitrogens with zero attached hydrogens (tertiary/aromatic N) is 2. The number of aliphatic imine (C=N–C) groups is 1. The number of allylic oxidation sites excluding steroid dienone is 1. The van der Waals surface area contributed by atoms with Crippen LogP contribution in [0.15, 0.2) is 35.5 Å². The summed E-state index contributed by atoms with van der Waals surface area (Å²) in [6.45, 7) is 6.78. The van der Waals surface area contributed by atoms with Crippen molar-refractivity contribution in [2.24, 2.45) is 16.8 Å². The molecule has 0 spiro atoms. The van der Waals surface area contributed by atoms with Gasteiger partial charge in [-0.05, 0) is 36.8 Å². The lowest BCUT2D eigenvalue weighted by Gasteiger charge is -2.30. The molecule has 0 radical (unpaired) electrons. The van der Waals surface area contributed by atoms with Crippen LogP contribution >= 0.6 is 0 Å². The van der Waals surface area contributed by atoms with Crippen LogP contribution in [-0.2, 0) is 14.3 Å².